The Labute approximate surface area is 93.7 Å². The van der Waals surface area contributed by atoms with Gasteiger partial charge in [-0.2, -0.15) is 0 Å². The molecule has 0 aliphatic heterocycles. The van der Waals surface area contributed by atoms with Crippen LogP contribution in [0.4, 0.5) is 11.4 Å². The Kier molecular flexibility index (Phi) is 2.92. The van der Waals surface area contributed by atoms with Gasteiger partial charge in [0.2, 0.25) is 0 Å². The summed E-state index contributed by atoms with van der Waals surface area (Å²) in [6.45, 7) is 2.88. The lowest BCUT2D eigenvalue weighted by Gasteiger charge is -2.05. The number of nitrogens with two attached hydrogens (primary N) is 1. The van der Waals surface area contributed by atoms with Gasteiger partial charge in [-0.15, -0.1) is 11.3 Å². The summed E-state index contributed by atoms with van der Waals surface area (Å²) < 4.78 is 0. The van der Waals surface area contributed by atoms with Gasteiger partial charge in [-0.1, -0.05) is 17.7 Å². The summed E-state index contributed by atoms with van der Waals surface area (Å²) in [4.78, 5) is 1.19. The molecule has 1 aromatic heterocycles. The molecular weight excluding hydrogens is 204 g/mol. The summed E-state index contributed by atoms with van der Waals surface area (Å²) in [5.74, 6) is 0. The van der Waals surface area contributed by atoms with Gasteiger partial charge >= 0.3 is 0 Å². The lowest BCUT2D eigenvalue weighted by Crippen LogP contribution is -1.99. The number of anilines is 2. The summed E-state index contributed by atoms with van der Waals surface area (Å²) in [6, 6.07) is 10.3. The van der Waals surface area contributed by atoms with Gasteiger partial charge in [-0.05, 0) is 30.5 Å². The lowest BCUT2D eigenvalue weighted by molar-refractivity contribution is 1.19. The predicted molar refractivity (Wildman–Crippen MR) is 67.2 cm³/mol. The first-order chi connectivity index (χ1) is 7.25. The van der Waals surface area contributed by atoms with Crippen LogP contribution < -0.4 is 11.1 Å². The van der Waals surface area contributed by atoms with E-state index in [0.717, 1.165) is 17.9 Å². The molecule has 0 radical (unpaired) electrons. The fraction of sp³-hybridized carbons (Fsp3) is 0.167. The van der Waals surface area contributed by atoms with Crippen molar-refractivity contribution in [3.63, 3.8) is 0 Å². The van der Waals surface area contributed by atoms with Crippen LogP contribution in [0.25, 0.3) is 0 Å². The summed E-state index contributed by atoms with van der Waals surface area (Å²) in [6.07, 6.45) is 0. The van der Waals surface area contributed by atoms with E-state index in [1.165, 1.54) is 10.4 Å². The molecule has 2 rings (SSSR count). The van der Waals surface area contributed by atoms with E-state index in [2.05, 4.69) is 36.5 Å². The fourth-order valence-electron chi connectivity index (χ4n) is 1.35. The van der Waals surface area contributed by atoms with E-state index in [1.807, 2.05) is 11.4 Å². The van der Waals surface area contributed by atoms with E-state index in [4.69, 9.17) is 5.73 Å². The number of hydrogen-bond acceptors (Lipinski definition) is 3. The van der Waals surface area contributed by atoms with E-state index < -0.39 is 0 Å². The topological polar surface area (TPSA) is 38.0 Å². The first-order valence-corrected chi connectivity index (χ1v) is 5.76. The van der Waals surface area contributed by atoms with E-state index in [-0.39, 0.29) is 0 Å². The minimum Gasteiger partial charge on any atom is -0.398 e. The minimum absolute atomic E-state index is 0.798. The molecule has 0 spiro atoms. The van der Waals surface area contributed by atoms with Crippen LogP contribution >= 0.6 is 11.3 Å². The number of benzene rings is 1. The van der Waals surface area contributed by atoms with Crippen molar-refractivity contribution in [2.45, 2.75) is 13.5 Å². The second-order valence-electron chi connectivity index (χ2n) is 3.52. The largest absolute Gasteiger partial charge is 0.398 e. The molecule has 0 unspecified atom stereocenters. The van der Waals surface area contributed by atoms with Crippen LogP contribution in [0, 0.1) is 6.92 Å². The van der Waals surface area contributed by atoms with Crippen LogP contribution in [0.3, 0.4) is 0 Å². The number of nitrogens with one attached hydrogen (secondary N) is 1. The normalized spacial score (nSPS) is 10.2. The zero-order chi connectivity index (χ0) is 10.7. The van der Waals surface area contributed by atoms with E-state index in [0.29, 0.717) is 0 Å². The van der Waals surface area contributed by atoms with Crippen molar-refractivity contribution in [1.82, 2.24) is 0 Å². The molecule has 0 fully saturated rings. The van der Waals surface area contributed by atoms with Gasteiger partial charge in [0.15, 0.2) is 0 Å². The highest BCUT2D eigenvalue weighted by atomic mass is 32.1. The molecule has 78 valence electrons. The second-order valence-corrected chi connectivity index (χ2v) is 4.52. The molecule has 0 aliphatic rings. The molecule has 0 saturated heterocycles. The summed E-state index contributed by atoms with van der Waals surface area (Å²) in [5.41, 5.74) is 9.08. The number of thiophene rings is 1. The van der Waals surface area contributed by atoms with Gasteiger partial charge < -0.3 is 11.1 Å². The van der Waals surface area contributed by atoms with Crippen molar-refractivity contribution in [2.75, 3.05) is 11.1 Å². The molecule has 3 N–H and O–H groups in total. The Morgan fingerprint density at radius 3 is 2.53 bits per heavy atom. The van der Waals surface area contributed by atoms with Gasteiger partial charge in [0, 0.05) is 16.3 Å². The minimum atomic E-state index is 0.798. The Hall–Kier alpha value is -1.48. The van der Waals surface area contributed by atoms with E-state index >= 15 is 0 Å². The molecular formula is C12H14N2S. The SMILES string of the molecule is Cc1ccc(NCc2sccc2N)cc1. The molecule has 2 nitrogen and oxygen atoms in total. The fourth-order valence-corrected chi connectivity index (χ4v) is 2.09. The molecule has 2 aromatic rings. The van der Waals surface area contributed by atoms with Crippen LogP contribution in [0.5, 0.6) is 0 Å². The van der Waals surface area contributed by atoms with Crippen molar-refractivity contribution >= 4 is 22.7 Å². The highest BCUT2D eigenvalue weighted by molar-refractivity contribution is 7.10. The molecule has 0 aliphatic carbocycles. The van der Waals surface area contributed by atoms with Crippen molar-refractivity contribution in [1.29, 1.82) is 0 Å². The van der Waals surface area contributed by atoms with Crippen LogP contribution in [-0.2, 0) is 6.54 Å². The van der Waals surface area contributed by atoms with E-state index in [1.54, 1.807) is 11.3 Å². The smallest absolute Gasteiger partial charge is 0.0514 e. The van der Waals surface area contributed by atoms with Crippen molar-refractivity contribution in [3.05, 3.63) is 46.2 Å². The average Bonchev–Trinajstić information content (AvgIpc) is 2.63. The van der Waals surface area contributed by atoms with Crippen LogP contribution in [0.1, 0.15) is 10.4 Å². The van der Waals surface area contributed by atoms with Gasteiger partial charge in [-0.25, -0.2) is 0 Å². The molecule has 1 aromatic carbocycles. The third kappa shape index (κ3) is 2.50. The molecule has 15 heavy (non-hydrogen) atoms. The first kappa shape index (κ1) is 10.1. The highest BCUT2D eigenvalue weighted by Crippen LogP contribution is 2.20. The molecule has 0 bridgehead atoms. The van der Waals surface area contributed by atoms with Crippen molar-refractivity contribution in [2.24, 2.45) is 0 Å². The molecule has 0 saturated carbocycles. The predicted octanol–water partition coefficient (Wildman–Crippen LogP) is 3.25. The quantitative estimate of drug-likeness (QED) is 0.830. The number of aryl methyl sites for hydroxylation is 1. The molecule has 3 heteroatoms. The number of rotatable bonds is 3. The average molecular weight is 218 g/mol. The van der Waals surface area contributed by atoms with Crippen molar-refractivity contribution < 1.29 is 0 Å². The van der Waals surface area contributed by atoms with E-state index in [9.17, 15) is 0 Å². The van der Waals surface area contributed by atoms with Crippen molar-refractivity contribution in [3.8, 4) is 0 Å². The monoisotopic (exact) mass is 218 g/mol. The Morgan fingerprint density at radius 1 is 1.20 bits per heavy atom. The first-order valence-electron chi connectivity index (χ1n) is 4.88. The van der Waals surface area contributed by atoms with Gasteiger partial charge in [0.05, 0.1) is 6.54 Å². The van der Waals surface area contributed by atoms with Crippen LogP contribution in [-0.4, -0.2) is 0 Å². The van der Waals surface area contributed by atoms with Crippen LogP contribution in [0.2, 0.25) is 0 Å². The number of hydrogen-bond donors (Lipinski definition) is 2. The Morgan fingerprint density at radius 2 is 1.93 bits per heavy atom. The Balaban J connectivity index is 1.99. The maximum absolute atomic E-state index is 5.80. The van der Waals surface area contributed by atoms with Gasteiger partial charge in [0.1, 0.15) is 0 Å². The zero-order valence-electron chi connectivity index (χ0n) is 8.66. The third-order valence-electron chi connectivity index (χ3n) is 2.28. The summed E-state index contributed by atoms with van der Waals surface area (Å²) in [5, 5.41) is 5.36. The zero-order valence-corrected chi connectivity index (χ0v) is 9.47. The second kappa shape index (κ2) is 4.36. The lowest BCUT2D eigenvalue weighted by atomic mass is 10.2. The third-order valence-corrected chi connectivity index (χ3v) is 3.22. The molecule has 0 atom stereocenters. The maximum Gasteiger partial charge on any atom is 0.0514 e. The summed E-state index contributed by atoms with van der Waals surface area (Å²) in [7, 11) is 0. The maximum atomic E-state index is 5.80. The summed E-state index contributed by atoms with van der Waals surface area (Å²) >= 11 is 1.68. The van der Waals surface area contributed by atoms with Gasteiger partial charge in [0.25, 0.3) is 0 Å². The highest BCUT2D eigenvalue weighted by Gasteiger charge is 1.99. The molecule has 0 amide bonds. The van der Waals surface area contributed by atoms with Gasteiger partial charge in [-0.3, -0.25) is 0 Å². The standard InChI is InChI=1S/C12H14N2S/c1-9-2-4-10(5-3-9)14-8-12-11(13)6-7-15-12/h2-7,14H,8,13H2,1H3. The van der Waals surface area contributed by atoms with Crippen LogP contribution in [0.15, 0.2) is 35.7 Å². The Bertz CT molecular complexity index is 431. The molecule has 1 heterocycles. The number of nitrogen functional groups attached to an aromatic ring is 1.